The van der Waals surface area contributed by atoms with Gasteiger partial charge in [0.25, 0.3) is 0 Å². The Labute approximate surface area is 306 Å². The van der Waals surface area contributed by atoms with Crippen molar-refractivity contribution in [2.75, 3.05) is 0 Å². The average Bonchev–Trinajstić information content (AvgIpc) is 3.76. The fourth-order valence-electron chi connectivity index (χ4n) is 8.22. The van der Waals surface area contributed by atoms with Gasteiger partial charge in [-0.1, -0.05) is 115 Å². The van der Waals surface area contributed by atoms with Crippen molar-refractivity contribution in [3.63, 3.8) is 0 Å². The van der Waals surface area contributed by atoms with E-state index in [-0.39, 0.29) is 5.75 Å². The molecule has 1 aliphatic heterocycles. The van der Waals surface area contributed by atoms with E-state index in [9.17, 15) is 5.11 Å². The highest BCUT2D eigenvalue weighted by atomic mass is 16.5. The Bertz CT molecular complexity index is 3050. The predicted octanol–water partition coefficient (Wildman–Crippen LogP) is 11.2. The SMILES string of the molecule is Oc1ccccc1-c1cc(-c2cccc(-c3cccc4oc5ccccc5c34)c2)cc2c1[B]c1cccc(-n3c4ccccc4c4ccccc43)c1O2. The Balaban J connectivity index is 1.10. The second-order valence-electron chi connectivity index (χ2n) is 13.6. The lowest BCUT2D eigenvalue weighted by Gasteiger charge is -2.26. The highest BCUT2D eigenvalue weighted by Gasteiger charge is 2.27. The van der Waals surface area contributed by atoms with Gasteiger partial charge in [0.2, 0.25) is 7.28 Å². The average molecular weight is 679 g/mol. The Morgan fingerprint density at radius 1 is 0.491 bits per heavy atom. The van der Waals surface area contributed by atoms with E-state index >= 15 is 0 Å². The number of nitrogens with zero attached hydrogens (tertiary/aromatic N) is 1. The second-order valence-corrected chi connectivity index (χ2v) is 13.6. The van der Waals surface area contributed by atoms with Crippen molar-refractivity contribution in [1.82, 2.24) is 4.57 Å². The highest BCUT2D eigenvalue weighted by Crippen LogP contribution is 2.42. The fraction of sp³-hybridized carbons (Fsp3) is 0. The Hall–Kier alpha value is -6.98. The first-order chi connectivity index (χ1) is 26.2. The van der Waals surface area contributed by atoms with E-state index in [1.165, 1.54) is 10.8 Å². The summed E-state index contributed by atoms with van der Waals surface area (Å²) in [6, 6.07) is 58.3. The lowest BCUT2D eigenvalue weighted by atomic mass is 9.59. The monoisotopic (exact) mass is 678 g/mol. The first-order valence-corrected chi connectivity index (χ1v) is 17.8. The maximum absolute atomic E-state index is 11.2. The largest absolute Gasteiger partial charge is 0.507 e. The number of rotatable bonds is 4. The molecule has 2 aromatic heterocycles. The van der Waals surface area contributed by atoms with Crippen LogP contribution in [0, 0.1) is 0 Å². The van der Waals surface area contributed by atoms with Crippen molar-refractivity contribution in [3.05, 3.63) is 170 Å². The summed E-state index contributed by atoms with van der Waals surface area (Å²) in [5.41, 5.74) is 12.7. The van der Waals surface area contributed by atoms with Gasteiger partial charge < -0.3 is 18.8 Å². The van der Waals surface area contributed by atoms with Crippen molar-refractivity contribution in [3.8, 4) is 56.3 Å². The Kier molecular flexibility index (Phi) is 6.46. The number of ether oxygens (including phenoxy) is 1. The predicted molar refractivity (Wildman–Crippen MR) is 218 cm³/mol. The number of phenols is 1. The number of furan rings is 1. The minimum atomic E-state index is 0.220. The molecule has 247 valence electrons. The van der Waals surface area contributed by atoms with Crippen molar-refractivity contribution in [2.24, 2.45) is 0 Å². The van der Waals surface area contributed by atoms with Crippen LogP contribution in [0.3, 0.4) is 0 Å². The summed E-state index contributed by atoms with van der Waals surface area (Å²) in [6.45, 7) is 0. The summed E-state index contributed by atoms with van der Waals surface area (Å²) in [6.07, 6.45) is 0. The van der Waals surface area contributed by atoms with E-state index in [0.717, 1.165) is 94.5 Å². The van der Waals surface area contributed by atoms with Crippen LogP contribution in [0.25, 0.3) is 82.8 Å². The van der Waals surface area contributed by atoms with Gasteiger partial charge in [0.15, 0.2) is 0 Å². The van der Waals surface area contributed by atoms with E-state index in [4.69, 9.17) is 9.15 Å². The zero-order chi connectivity index (χ0) is 35.0. The summed E-state index contributed by atoms with van der Waals surface area (Å²) in [5, 5.41) is 15.8. The minimum Gasteiger partial charge on any atom is -0.507 e. The maximum atomic E-state index is 11.2. The summed E-state index contributed by atoms with van der Waals surface area (Å²) < 4.78 is 15.6. The number of aromatic hydroxyl groups is 1. The molecule has 0 bridgehead atoms. The summed E-state index contributed by atoms with van der Waals surface area (Å²) in [5.74, 6) is 1.74. The molecule has 4 nitrogen and oxygen atoms in total. The number of phenolic OH excluding ortho intramolecular Hbond substituents is 1. The molecule has 0 aliphatic carbocycles. The molecule has 5 heteroatoms. The molecule has 10 aromatic rings. The summed E-state index contributed by atoms with van der Waals surface area (Å²) in [4.78, 5) is 0. The third-order valence-corrected chi connectivity index (χ3v) is 10.6. The molecule has 0 saturated carbocycles. The van der Waals surface area contributed by atoms with Crippen LogP contribution >= 0.6 is 0 Å². The van der Waals surface area contributed by atoms with Crippen molar-refractivity contribution >= 4 is 61.9 Å². The van der Waals surface area contributed by atoms with Crippen LogP contribution in [-0.2, 0) is 0 Å². The molecule has 1 N–H and O–H groups in total. The molecule has 0 amide bonds. The van der Waals surface area contributed by atoms with Gasteiger partial charge in [0, 0.05) is 27.1 Å². The van der Waals surface area contributed by atoms with Gasteiger partial charge in [-0.2, -0.15) is 0 Å². The number of benzene rings is 8. The van der Waals surface area contributed by atoms with Gasteiger partial charge in [-0.25, -0.2) is 0 Å². The lowest BCUT2D eigenvalue weighted by Crippen LogP contribution is -2.35. The first kappa shape index (κ1) is 29.7. The second kappa shape index (κ2) is 11.5. The van der Waals surface area contributed by atoms with E-state index < -0.39 is 0 Å². The van der Waals surface area contributed by atoms with Gasteiger partial charge >= 0.3 is 0 Å². The molecular formula is C48H29BNO3. The number of hydrogen-bond donors (Lipinski definition) is 1. The molecule has 3 heterocycles. The Morgan fingerprint density at radius 3 is 1.98 bits per heavy atom. The smallest absolute Gasteiger partial charge is 0.202 e. The van der Waals surface area contributed by atoms with Crippen LogP contribution in [0.1, 0.15) is 0 Å². The van der Waals surface area contributed by atoms with Gasteiger partial charge in [-0.15, -0.1) is 0 Å². The van der Waals surface area contributed by atoms with Crippen molar-refractivity contribution in [1.29, 1.82) is 0 Å². The number of fused-ring (bicyclic) bond motifs is 8. The number of para-hydroxylation sites is 5. The number of aromatic nitrogens is 1. The van der Waals surface area contributed by atoms with Crippen LogP contribution in [0.5, 0.6) is 17.2 Å². The highest BCUT2D eigenvalue weighted by molar-refractivity contribution is 6.71. The van der Waals surface area contributed by atoms with Crippen LogP contribution in [0.4, 0.5) is 0 Å². The molecule has 53 heavy (non-hydrogen) atoms. The molecule has 0 spiro atoms. The van der Waals surface area contributed by atoms with E-state index in [0.29, 0.717) is 0 Å². The zero-order valence-electron chi connectivity index (χ0n) is 28.5. The van der Waals surface area contributed by atoms with E-state index in [1.807, 2.05) is 36.4 Å². The minimum absolute atomic E-state index is 0.220. The van der Waals surface area contributed by atoms with Crippen LogP contribution < -0.4 is 15.7 Å². The van der Waals surface area contributed by atoms with Crippen LogP contribution in [0.15, 0.2) is 174 Å². The van der Waals surface area contributed by atoms with Crippen LogP contribution in [-0.4, -0.2) is 17.0 Å². The fourth-order valence-corrected chi connectivity index (χ4v) is 8.22. The first-order valence-electron chi connectivity index (χ1n) is 17.8. The van der Waals surface area contributed by atoms with Gasteiger partial charge in [0.05, 0.1) is 16.7 Å². The third-order valence-electron chi connectivity index (χ3n) is 10.6. The molecule has 0 unspecified atom stereocenters. The molecule has 1 radical (unpaired) electrons. The van der Waals surface area contributed by atoms with Gasteiger partial charge in [-0.05, 0) is 93.3 Å². The maximum Gasteiger partial charge on any atom is 0.202 e. The topological polar surface area (TPSA) is 47.5 Å². The van der Waals surface area contributed by atoms with Crippen molar-refractivity contribution in [2.45, 2.75) is 0 Å². The molecule has 0 atom stereocenters. The molecule has 11 rings (SSSR count). The summed E-state index contributed by atoms with van der Waals surface area (Å²) >= 11 is 0. The number of hydrogen-bond acceptors (Lipinski definition) is 3. The third kappa shape index (κ3) is 4.57. The van der Waals surface area contributed by atoms with E-state index in [1.54, 1.807) is 6.07 Å². The normalized spacial score (nSPS) is 12.2. The van der Waals surface area contributed by atoms with E-state index in [2.05, 4.69) is 139 Å². The van der Waals surface area contributed by atoms with Gasteiger partial charge in [-0.3, -0.25) is 0 Å². The molecule has 0 fully saturated rings. The lowest BCUT2D eigenvalue weighted by molar-refractivity contribution is 0.477. The summed E-state index contributed by atoms with van der Waals surface area (Å²) in [7, 11) is 2.19. The molecule has 0 saturated heterocycles. The van der Waals surface area contributed by atoms with Gasteiger partial charge in [0.1, 0.15) is 28.4 Å². The van der Waals surface area contributed by atoms with Crippen LogP contribution in [0.2, 0.25) is 0 Å². The quantitative estimate of drug-likeness (QED) is 0.189. The molecular weight excluding hydrogens is 649 g/mol. The zero-order valence-corrected chi connectivity index (χ0v) is 28.5. The van der Waals surface area contributed by atoms with Crippen molar-refractivity contribution < 1.29 is 14.3 Å². The molecule has 1 aliphatic rings. The molecule has 8 aromatic carbocycles. The standard InChI is InChI=1S/C48H29BNO3/c51-42-23-7-3-16-35(42)37-27-31(29-12-9-13-30(26-29)32-18-10-25-44-46(32)36-17-4-8-24-43(36)52-44)28-45-47(37)49-38-19-11-22-41(48(38)53-45)50-39-20-5-1-14-33(39)34-15-2-6-21-40(34)50/h1-28,51H. The Morgan fingerprint density at radius 2 is 1.15 bits per heavy atom.